The first-order valence-electron chi connectivity index (χ1n) is 12.2. The maximum atomic E-state index is 13.3. The van der Waals surface area contributed by atoms with E-state index in [9.17, 15) is 14.7 Å². The predicted molar refractivity (Wildman–Crippen MR) is 139 cm³/mol. The molecule has 0 spiro atoms. The highest BCUT2D eigenvalue weighted by molar-refractivity contribution is 6.46. The molecule has 1 aliphatic rings. The van der Waals surface area contributed by atoms with Crippen molar-refractivity contribution in [2.24, 2.45) is 5.92 Å². The van der Waals surface area contributed by atoms with Crippen LogP contribution in [0.1, 0.15) is 57.4 Å². The fraction of sp³-hybridized carbons (Fsp3) is 0.448. The number of ether oxygens (including phenoxy) is 3. The molecule has 1 heterocycles. The Bertz CT molecular complexity index is 1130. The number of likely N-dealkylation sites (tertiary alicyclic amines) is 1. The van der Waals surface area contributed by atoms with Gasteiger partial charge in [0.1, 0.15) is 17.3 Å². The Balaban J connectivity index is 2.16. The number of carbonyl (C=O) groups is 2. The van der Waals surface area contributed by atoms with Crippen LogP contribution in [0.4, 0.5) is 0 Å². The van der Waals surface area contributed by atoms with Gasteiger partial charge in [-0.15, -0.1) is 0 Å². The van der Waals surface area contributed by atoms with Crippen LogP contribution in [-0.2, 0) is 19.7 Å². The summed E-state index contributed by atoms with van der Waals surface area (Å²) < 4.78 is 16.5. The zero-order valence-corrected chi connectivity index (χ0v) is 22.3. The Labute approximate surface area is 213 Å². The highest BCUT2D eigenvalue weighted by Gasteiger charge is 2.46. The molecule has 2 aromatic carbocycles. The van der Waals surface area contributed by atoms with Gasteiger partial charge in [-0.1, -0.05) is 52.8 Å². The molecular formula is C29H37NO6. The zero-order valence-electron chi connectivity index (χ0n) is 22.3. The largest absolute Gasteiger partial charge is 0.507 e. The van der Waals surface area contributed by atoms with Crippen molar-refractivity contribution in [1.82, 2.24) is 4.90 Å². The average Bonchev–Trinajstić information content (AvgIpc) is 3.09. The summed E-state index contributed by atoms with van der Waals surface area (Å²) in [5.74, 6) is -0.187. The molecule has 1 fully saturated rings. The first kappa shape index (κ1) is 27.3. The van der Waals surface area contributed by atoms with E-state index in [2.05, 4.69) is 34.6 Å². The molecule has 1 atom stereocenters. The number of aliphatic hydroxyl groups is 1. The second kappa shape index (κ2) is 11.2. The number of aliphatic hydroxyl groups excluding tert-OH is 1. The van der Waals surface area contributed by atoms with Gasteiger partial charge in [0.25, 0.3) is 11.7 Å². The molecule has 1 N–H and O–H groups in total. The number of carbonyl (C=O) groups excluding carboxylic acids is 2. The number of Topliss-reactive ketones (excluding diaryl/α,β-unsaturated/α-hetero) is 1. The van der Waals surface area contributed by atoms with Crippen LogP contribution >= 0.6 is 0 Å². The van der Waals surface area contributed by atoms with Gasteiger partial charge in [0.2, 0.25) is 0 Å². The van der Waals surface area contributed by atoms with E-state index >= 15 is 0 Å². The lowest BCUT2D eigenvalue weighted by Gasteiger charge is -2.26. The summed E-state index contributed by atoms with van der Waals surface area (Å²) in [6.45, 7) is 11.4. The maximum Gasteiger partial charge on any atom is 0.295 e. The highest BCUT2D eigenvalue weighted by atomic mass is 16.5. The smallest absolute Gasteiger partial charge is 0.295 e. The Morgan fingerprint density at radius 3 is 2.28 bits per heavy atom. The van der Waals surface area contributed by atoms with E-state index in [1.807, 2.05) is 36.4 Å². The number of ketones is 1. The molecule has 194 valence electrons. The number of amides is 1. The first-order valence-corrected chi connectivity index (χ1v) is 12.2. The summed E-state index contributed by atoms with van der Waals surface area (Å²) in [5, 5.41) is 11.5. The SMILES string of the molecule is COCCN1C(=O)C(=O)/C(=C(/O)c2cc(C(C)(C)C)ccc2OC)C1c1ccc(OCC(C)C)cc1. The minimum atomic E-state index is -0.776. The van der Waals surface area contributed by atoms with Gasteiger partial charge in [-0.3, -0.25) is 9.59 Å². The van der Waals surface area contributed by atoms with Crippen molar-refractivity contribution in [2.45, 2.75) is 46.1 Å². The minimum absolute atomic E-state index is 0.0244. The molecule has 0 bridgehead atoms. The van der Waals surface area contributed by atoms with Crippen LogP contribution in [0.3, 0.4) is 0 Å². The summed E-state index contributed by atoms with van der Waals surface area (Å²) in [4.78, 5) is 27.8. The van der Waals surface area contributed by atoms with Crippen LogP contribution in [0, 0.1) is 5.92 Å². The van der Waals surface area contributed by atoms with Gasteiger partial charge in [0, 0.05) is 13.7 Å². The van der Waals surface area contributed by atoms with Gasteiger partial charge in [-0.2, -0.15) is 0 Å². The standard InChI is InChI=1S/C29H37NO6/c1-18(2)17-36-21-11-8-19(9-12-21)25-24(27(32)28(33)30(25)14-15-34-6)26(31)22-16-20(29(3,4)5)10-13-23(22)35-7/h8-13,16,18,25,31H,14-15,17H2,1-7H3/b26-24+. The molecule has 2 aromatic rings. The Morgan fingerprint density at radius 1 is 1.06 bits per heavy atom. The number of hydrogen-bond acceptors (Lipinski definition) is 6. The van der Waals surface area contributed by atoms with Gasteiger partial charge in [-0.25, -0.2) is 0 Å². The molecule has 3 rings (SSSR count). The Hall–Kier alpha value is -3.32. The van der Waals surface area contributed by atoms with E-state index in [0.717, 1.165) is 5.56 Å². The first-order chi connectivity index (χ1) is 17.0. The maximum absolute atomic E-state index is 13.3. The van der Waals surface area contributed by atoms with Crippen LogP contribution < -0.4 is 9.47 Å². The van der Waals surface area contributed by atoms with Crippen molar-refractivity contribution in [3.8, 4) is 11.5 Å². The summed E-state index contributed by atoms with van der Waals surface area (Å²) in [7, 11) is 3.04. The fourth-order valence-corrected chi connectivity index (χ4v) is 4.16. The summed E-state index contributed by atoms with van der Waals surface area (Å²) in [6, 6.07) is 12.0. The van der Waals surface area contributed by atoms with Gasteiger partial charge in [0.05, 0.1) is 37.5 Å². The second-order valence-corrected chi connectivity index (χ2v) is 10.4. The lowest BCUT2D eigenvalue weighted by molar-refractivity contribution is -0.140. The molecule has 0 aliphatic carbocycles. The topological polar surface area (TPSA) is 85.3 Å². The fourth-order valence-electron chi connectivity index (χ4n) is 4.16. The lowest BCUT2D eigenvalue weighted by Crippen LogP contribution is -2.32. The summed E-state index contributed by atoms with van der Waals surface area (Å²) in [5.41, 5.74) is 1.85. The third-order valence-electron chi connectivity index (χ3n) is 6.18. The zero-order chi connectivity index (χ0) is 26.6. The second-order valence-electron chi connectivity index (χ2n) is 10.4. The molecule has 1 amide bonds. The molecule has 7 heteroatoms. The average molecular weight is 496 g/mol. The summed E-state index contributed by atoms with van der Waals surface area (Å²) >= 11 is 0. The predicted octanol–water partition coefficient (Wildman–Crippen LogP) is 5.10. The normalized spacial score (nSPS) is 17.7. The number of hydrogen-bond donors (Lipinski definition) is 1. The number of methoxy groups -OCH3 is 2. The van der Waals surface area contributed by atoms with Gasteiger partial charge in [0.15, 0.2) is 0 Å². The van der Waals surface area contributed by atoms with E-state index in [4.69, 9.17) is 14.2 Å². The van der Waals surface area contributed by atoms with Crippen molar-refractivity contribution in [1.29, 1.82) is 0 Å². The van der Waals surface area contributed by atoms with E-state index in [0.29, 0.717) is 35.2 Å². The molecule has 1 unspecified atom stereocenters. The van der Waals surface area contributed by atoms with Crippen LogP contribution in [0.25, 0.3) is 5.76 Å². The molecule has 0 aromatic heterocycles. The molecule has 0 saturated carbocycles. The van der Waals surface area contributed by atoms with E-state index < -0.39 is 17.7 Å². The van der Waals surface area contributed by atoms with Crippen LogP contribution in [0.15, 0.2) is 48.0 Å². The third kappa shape index (κ3) is 5.73. The monoisotopic (exact) mass is 495 g/mol. The van der Waals surface area contributed by atoms with Crippen molar-refractivity contribution < 1.29 is 28.9 Å². The minimum Gasteiger partial charge on any atom is -0.507 e. The van der Waals surface area contributed by atoms with Crippen molar-refractivity contribution in [3.05, 3.63) is 64.7 Å². The number of nitrogens with zero attached hydrogens (tertiary/aromatic N) is 1. The van der Waals surface area contributed by atoms with E-state index in [1.54, 1.807) is 6.07 Å². The van der Waals surface area contributed by atoms with Crippen LogP contribution in [0.5, 0.6) is 11.5 Å². The quantitative estimate of drug-likeness (QED) is 0.296. The van der Waals surface area contributed by atoms with E-state index in [-0.39, 0.29) is 29.9 Å². The van der Waals surface area contributed by atoms with E-state index in [1.165, 1.54) is 19.1 Å². The molecule has 36 heavy (non-hydrogen) atoms. The van der Waals surface area contributed by atoms with Gasteiger partial charge in [-0.05, 0) is 46.7 Å². The van der Waals surface area contributed by atoms with Crippen LogP contribution in [0.2, 0.25) is 0 Å². The van der Waals surface area contributed by atoms with Gasteiger partial charge < -0.3 is 24.2 Å². The lowest BCUT2D eigenvalue weighted by atomic mass is 9.85. The number of benzene rings is 2. The molecule has 7 nitrogen and oxygen atoms in total. The van der Waals surface area contributed by atoms with Crippen molar-refractivity contribution >= 4 is 17.4 Å². The number of rotatable bonds is 9. The highest BCUT2D eigenvalue weighted by Crippen LogP contribution is 2.42. The van der Waals surface area contributed by atoms with Crippen molar-refractivity contribution in [3.63, 3.8) is 0 Å². The third-order valence-corrected chi connectivity index (χ3v) is 6.18. The van der Waals surface area contributed by atoms with Crippen molar-refractivity contribution in [2.75, 3.05) is 34.0 Å². The van der Waals surface area contributed by atoms with Crippen LogP contribution in [-0.4, -0.2) is 55.7 Å². The molecule has 0 radical (unpaired) electrons. The Kier molecular flexibility index (Phi) is 8.46. The van der Waals surface area contributed by atoms with Gasteiger partial charge >= 0.3 is 0 Å². The molecular weight excluding hydrogens is 458 g/mol. The molecule has 1 aliphatic heterocycles. The molecule has 1 saturated heterocycles. The Morgan fingerprint density at radius 2 is 1.72 bits per heavy atom. The summed E-state index contributed by atoms with van der Waals surface area (Å²) in [6.07, 6.45) is 0.